The van der Waals surface area contributed by atoms with Crippen molar-refractivity contribution in [2.24, 2.45) is 0 Å². The SMILES string of the molecule is CN(C)CCCCC1OCCO1. The van der Waals surface area contributed by atoms with E-state index in [0.29, 0.717) is 0 Å². The lowest BCUT2D eigenvalue weighted by Gasteiger charge is -2.11. The molecular weight excluding hydrogens is 154 g/mol. The molecule has 0 saturated carbocycles. The number of hydrogen-bond donors (Lipinski definition) is 0. The van der Waals surface area contributed by atoms with Crippen LogP contribution in [0, 0.1) is 0 Å². The van der Waals surface area contributed by atoms with Crippen LogP contribution in [0.25, 0.3) is 0 Å². The van der Waals surface area contributed by atoms with Crippen molar-refractivity contribution < 1.29 is 9.47 Å². The van der Waals surface area contributed by atoms with E-state index in [4.69, 9.17) is 9.47 Å². The first-order valence-corrected chi connectivity index (χ1v) is 4.67. The molecule has 0 amide bonds. The highest BCUT2D eigenvalue weighted by atomic mass is 16.7. The second-order valence-corrected chi connectivity index (χ2v) is 3.47. The summed E-state index contributed by atoms with van der Waals surface area (Å²) in [4.78, 5) is 2.20. The van der Waals surface area contributed by atoms with Crippen LogP contribution in [0.5, 0.6) is 0 Å². The molecule has 3 nitrogen and oxygen atoms in total. The lowest BCUT2D eigenvalue weighted by molar-refractivity contribution is -0.0481. The monoisotopic (exact) mass is 173 g/mol. The summed E-state index contributed by atoms with van der Waals surface area (Å²) in [5, 5.41) is 0. The molecule has 1 aliphatic rings. The van der Waals surface area contributed by atoms with Gasteiger partial charge in [-0.15, -0.1) is 0 Å². The standard InChI is InChI=1S/C9H19NO2/c1-10(2)6-4-3-5-9-11-7-8-12-9/h9H,3-8H2,1-2H3. The Morgan fingerprint density at radius 2 is 1.83 bits per heavy atom. The minimum absolute atomic E-state index is 0.0900. The van der Waals surface area contributed by atoms with Crippen molar-refractivity contribution in [3.8, 4) is 0 Å². The van der Waals surface area contributed by atoms with E-state index in [2.05, 4.69) is 19.0 Å². The molecule has 0 atom stereocenters. The van der Waals surface area contributed by atoms with Gasteiger partial charge in [-0.25, -0.2) is 0 Å². The van der Waals surface area contributed by atoms with Crippen LogP contribution >= 0.6 is 0 Å². The third-order valence-electron chi connectivity index (χ3n) is 1.99. The van der Waals surface area contributed by atoms with Crippen LogP contribution in [0.2, 0.25) is 0 Å². The third kappa shape index (κ3) is 4.04. The van der Waals surface area contributed by atoms with E-state index in [1.165, 1.54) is 12.8 Å². The van der Waals surface area contributed by atoms with Gasteiger partial charge in [0.2, 0.25) is 0 Å². The quantitative estimate of drug-likeness (QED) is 0.581. The Morgan fingerprint density at radius 1 is 1.17 bits per heavy atom. The topological polar surface area (TPSA) is 21.7 Å². The highest BCUT2D eigenvalue weighted by molar-refractivity contribution is 4.53. The molecule has 12 heavy (non-hydrogen) atoms. The predicted molar refractivity (Wildman–Crippen MR) is 48.1 cm³/mol. The molecule has 0 bridgehead atoms. The van der Waals surface area contributed by atoms with Crippen molar-refractivity contribution >= 4 is 0 Å². The van der Waals surface area contributed by atoms with Gasteiger partial charge < -0.3 is 14.4 Å². The average molecular weight is 173 g/mol. The van der Waals surface area contributed by atoms with Crippen LogP contribution in [0.15, 0.2) is 0 Å². The predicted octanol–water partition coefficient (Wildman–Crippen LogP) is 1.09. The van der Waals surface area contributed by atoms with Gasteiger partial charge in [0.15, 0.2) is 6.29 Å². The third-order valence-corrected chi connectivity index (χ3v) is 1.99. The van der Waals surface area contributed by atoms with Crippen molar-refractivity contribution in [1.29, 1.82) is 0 Å². The molecule has 0 unspecified atom stereocenters. The van der Waals surface area contributed by atoms with Gasteiger partial charge in [0.25, 0.3) is 0 Å². The molecule has 1 saturated heterocycles. The van der Waals surface area contributed by atoms with E-state index in [-0.39, 0.29) is 6.29 Å². The Bertz CT molecular complexity index is 111. The average Bonchev–Trinajstić information content (AvgIpc) is 2.49. The summed E-state index contributed by atoms with van der Waals surface area (Å²) in [7, 11) is 4.20. The summed E-state index contributed by atoms with van der Waals surface area (Å²) in [6, 6.07) is 0. The molecular formula is C9H19NO2. The fourth-order valence-corrected chi connectivity index (χ4v) is 1.31. The maximum Gasteiger partial charge on any atom is 0.157 e. The molecule has 0 aliphatic carbocycles. The van der Waals surface area contributed by atoms with Gasteiger partial charge in [-0.1, -0.05) is 0 Å². The maximum atomic E-state index is 5.32. The summed E-state index contributed by atoms with van der Waals surface area (Å²) in [6.07, 6.45) is 3.57. The summed E-state index contributed by atoms with van der Waals surface area (Å²) < 4.78 is 10.6. The molecule has 0 aromatic heterocycles. The van der Waals surface area contributed by atoms with Gasteiger partial charge in [-0.3, -0.25) is 0 Å². The summed E-state index contributed by atoms with van der Waals surface area (Å²) >= 11 is 0. The fourth-order valence-electron chi connectivity index (χ4n) is 1.31. The van der Waals surface area contributed by atoms with Gasteiger partial charge in [-0.05, 0) is 39.9 Å². The highest BCUT2D eigenvalue weighted by Crippen LogP contribution is 2.11. The fraction of sp³-hybridized carbons (Fsp3) is 1.00. The first kappa shape index (κ1) is 9.96. The minimum atomic E-state index is 0.0900. The Morgan fingerprint density at radius 3 is 2.42 bits per heavy atom. The van der Waals surface area contributed by atoms with Crippen LogP contribution in [0.1, 0.15) is 19.3 Å². The number of rotatable bonds is 5. The van der Waals surface area contributed by atoms with Crippen molar-refractivity contribution in [3.05, 3.63) is 0 Å². The Hall–Kier alpha value is -0.120. The number of nitrogens with zero attached hydrogens (tertiary/aromatic N) is 1. The summed E-state index contributed by atoms with van der Waals surface area (Å²) in [5.74, 6) is 0. The molecule has 1 heterocycles. The largest absolute Gasteiger partial charge is 0.350 e. The first-order valence-electron chi connectivity index (χ1n) is 4.67. The molecule has 0 aromatic rings. The zero-order valence-electron chi connectivity index (χ0n) is 8.08. The molecule has 0 N–H and O–H groups in total. The van der Waals surface area contributed by atoms with E-state index in [0.717, 1.165) is 26.2 Å². The van der Waals surface area contributed by atoms with E-state index in [9.17, 15) is 0 Å². The number of hydrogen-bond acceptors (Lipinski definition) is 3. The first-order chi connectivity index (χ1) is 5.79. The van der Waals surface area contributed by atoms with Crippen LogP contribution in [0.4, 0.5) is 0 Å². The molecule has 1 fully saturated rings. The smallest absolute Gasteiger partial charge is 0.157 e. The molecule has 1 rings (SSSR count). The normalized spacial score (nSPS) is 19.2. The Balaban J connectivity index is 1.88. The van der Waals surface area contributed by atoms with Crippen LogP contribution in [0.3, 0.4) is 0 Å². The maximum absolute atomic E-state index is 5.32. The highest BCUT2D eigenvalue weighted by Gasteiger charge is 2.14. The second kappa shape index (κ2) is 5.51. The van der Waals surface area contributed by atoms with Crippen molar-refractivity contribution in [2.45, 2.75) is 25.6 Å². The van der Waals surface area contributed by atoms with Gasteiger partial charge in [0.05, 0.1) is 13.2 Å². The lowest BCUT2D eigenvalue weighted by Crippen LogP contribution is -2.14. The molecule has 72 valence electrons. The van der Waals surface area contributed by atoms with E-state index < -0.39 is 0 Å². The van der Waals surface area contributed by atoms with Gasteiger partial charge in [0, 0.05) is 0 Å². The second-order valence-electron chi connectivity index (χ2n) is 3.47. The van der Waals surface area contributed by atoms with E-state index in [1.807, 2.05) is 0 Å². The molecule has 0 aromatic carbocycles. The molecule has 0 spiro atoms. The van der Waals surface area contributed by atoms with Gasteiger partial charge in [0.1, 0.15) is 0 Å². The number of ether oxygens (including phenoxy) is 2. The van der Waals surface area contributed by atoms with Crippen molar-refractivity contribution in [3.63, 3.8) is 0 Å². The molecule has 0 radical (unpaired) electrons. The Kier molecular flexibility index (Phi) is 4.58. The zero-order valence-corrected chi connectivity index (χ0v) is 8.08. The molecule has 3 heteroatoms. The van der Waals surface area contributed by atoms with Crippen LogP contribution in [-0.4, -0.2) is 45.0 Å². The molecule has 1 aliphatic heterocycles. The summed E-state index contributed by atoms with van der Waals surface area (Å²) in [5.41, 5.74) is 0. The zero-order chi connectivity index (χ0) is 8.81. The lowest BCUT2D eigenvalue weighted by atomic mass is 10.2. The number of unbranched alkanes of at least 4 members (excludes halogenated alkanes) is 1. The van der Waals surface area contributed by atoms with Gasteiger partial charge in [-0.2, -0.15) is 0 Å². The van der Waals surface area contributed by atoms with Crippen molar-refractivity contribution in [2.75, 3.05) is 33.9 Å². The van der Waals surface area contributed by atoms with Gasteiger partial charge >= 0.3 is 0 Å². The van der Waals surface area contributed by atoms with E-state index >= 15 is 0 Å². The van der Waals surface area contributed by atoms with Crippen LogP contribution in [-0.2, 0) is 9.47 Å². The summed E-state index contributed by atoms with van der Waals surface area (Å²) in [6.45, 7) is 2.71. The van der Waals surface area contributed by atoms with Crippen LogP contribution < -0.4 is 0 Å². The van der Waals surface area contributed by atoms with E-state index in [1.54, 1.807) is 0 Å². The minimum Gasteiger partial charge on any atom is -0.350 e. The Labute approximate surface area is 74.6 Å². The van der Waals surface area contributed by atoms with Crippen molar-refractivity contribution in [1.82, 2.24) is 4.90 Å².